The molecule has 0 saturated heterocycles. The minimum absolute atomic E-state index is 0.101. The molecule has 0 spiro atoms. The van der Waals surface area contributed by atoms with E-state index in [1.165, 1.54) is 5.01 Å². The number of aromatic nitrogens is 2. The first-order valence-corrected chi connectivity index (χ1v) is 8.88. The number of imidazole rings is 1. The predicted molar refractivity (Wildman–Crippen MR) is 98.4 cm³/mol. The lowest BCUT2D eigenvalue weighted by atomic mass is 10.1. The van der Waals surface area contributed by atoms with Gasteiger partial charge in [-0.05, 0) is 12.0 Å². The molecule has 1 aromatic carbocycles. The zero-order chi connectivity index (χ0) is 18.2. The molecule has 2 heterocycles. The van der Waals surface area contributed by atoms with E-state index in [1.807, 2.05) is 41.1 Å². The molecule has 1 N–H and O–H groups in total. The third-order valence-electron chi connectivity index (χ3n) is 4.24. The van der Waals surface area contributed by atoms with Crippen LogP contribution in [0.25, 0.3) is 0 Å². The Morgan fingerprint density at radius 3 is 2.77 bits per heavy atom. The van der Waals surface area contributed by atoms with Crippen molar-refractivity contribution in [3.8, 4) is 0 Å². The second-order valence-electron chi connectivity index (χ2n) is 6.18. The van der Waals surface area contributed by atoms with Gasteiger partial charge in [-0.15, -0.1) is 0 Å². The maximum Gasteiger partial charge on any atom is 0.243 e. The van der Waals surface area contributed by atoms with E-state index in [-0.39, 0.29) is 24.7 Å². The van der Waals surface area contributed by atoms with Gasteiger partial charge in [0, 0.05) is 44.7 Å². The zero-order valence-corrected chi connectivity index (χ0v) is 14.7. The minimum Gasteiger partial charge on any atom is -0.356 e. The Labute approximate surface area is 152 Å². The molecule has 0 saturated carbocycles. The number of nitrogens with zero attached hydrogens (tertiary/aromatic N) is 4. The summed E-state index contributed by atoms with van der Waals surface area (Å²) in [5, 5.41) is 8.73. The van der Waals surface area contributed by atoms with Gasteiger partial charge in [-0.3, -0.25) is 9.59 Å². The maximum atomic E-state index is 12.2. The summed E-state index contributed by atoms with van der Waals surface area (Å²) in [5.74, 6) is -0.208. The third-order valence-corrected chi connectivity index (χ3v) is 4.24. The van der Waals surface area contributed by atoms with E-state index in [2.05, 4.69) is 15.4 Å². The number of hydrogen-bond donors (Lipinski definition) is 1. The van der Waals surface area contributed by atoms with Crippen LogP contribution in [0.1, 0.15) is 31.2 Å². The summed E-state index contributed by atoms with van der Waals surface area (Å²) in [6, 6.07) is 9.85. The Morgan fingerprint density at radius 1 is 1.15 bits per heavy atom. The standard InChI is InChI=1S/C19H23N5O2/c25-18(21-10-4-12-23-14-11-20-15-23)7-8-19(26)24-13-9-17(22-24)16-5-2-1-3-6-16/h1-3,5-6,11,14-15H,4,7-10,12-13H2,(H,21,25). The highest BCUT2D eigenvalue weighted by molar-refractivity contribution is 6.02. The number of carbonyl (C=O) groups excluding carboxylic acids is 2. The fraction of sp³-hybridized carbons (Fsp3) is 0.368. The highest BCUT2D eigenvalue weighted by Gasteiger charge is 2.21. The number of nitrogens with one attached hydrogen (secondary N) is 1. The lowest BCUT2D eigenvalue weighted by molar-refractivity contribution is -0.133. The lowest BCUT2D eigenvalue weighted by Gasteiger charge is -2.11. The second-order valence-corrected chi connectivity index (χ2v) is 6.18. The van der Waals surface area contributed by atoms with Gasteiger partial charge in [-0.2, -0.15) is 5.10 Å². The second kappa shape index (κ2) is 8.94. The number of carbonyl (C=O) groups is 2. The van der Waals surface area contributed by atoms with Crippen molar-refractivity contribution < 1.29 is 9.59 Å². The van der Waals surface area contributed by atoms with Crippen LogP contribution in [-0.2, 0) is 16.1 Å². The molecular formula is C19H23N5O2. The van der Waals surface area contributed by atoms with Crippen LogP contribution in [0.3, 0.4) is 0 Å². The van der Waals surface area contributed by atoms with Crippen LogP contribution in [0, 0.1) is 0 Å². The van der Waals surface area contributed by atoms with Crippen LogP contribution in [-0.4, -0.2) is 45.2 Å². The summed E-state index contributed by atoms with van der Waals surface area (Å²) in [4.78, 5) is 28.1. The Kier molecular flexibility index (Phi) is 6.14. The summed E-state index contributed by atoms with van der Waals surface area (Å²) < 4.78 is 1.96. The van der Waals surface area contributed by atoms with Crippen molar-refractivity contribution in [3.63, 3.8) is 0 Å². The smallest absolute Gasteiger partial charge is 0.243 e. The Morgan fingerprint density at radius 2 is 2.00 bits per heavy atom. The topological polar surface area (TPSA) is 79.6 Å². The monoisotopic (exact) mass is 353 g/mol. The molecule has 0 unspecified atom stereocenters. The van der Waals surface area contributed by atoms with E-state index in [4.69, 9.17) is 0 Å². The van der Waals surface area contributed by atoms with E-state index in [0.29, 0.717) is 13.1 Å². The number of amides is 2. The van der Waals surface area contributed by atoms with Crippen LogP contribution in [0.5, 0.6) is 0 Å². The van der Waals surface area contributed by atoms with Crippen molar-refractivity contribution in [1.82, 2.24) is 19.9 Å². The van der Waals surface area contributed by atoms with Gasteiger partial charge in [0.2, 0.25) is 11.8 Å². The Hall–Kier alpha value is -2.96. The van der Waals surface area contributed by atoms with Crippen LogP contribution >= 0.6 is 0 Å². The summed E-state index contributed by atoms with van der Waals surface area (Å²) in [6.45, 7) is 1.98. The van der Waals surface area contributed by atoms with E-state index in [9.17, 15) is 9.59 Å². The molecule has 136 valence electrons. The lowest BCUT2D eigenvalue weighted by Crippen LogP contribution is -2.28. The van der Waals surface area contributed by atoms with Gasteiger partial charge in [-0.1, -0.05) is 30.3 Å². The molecule has 1 aliphatic heterocycles. The summed E-state index contributed by atoms with van der Waals surface area (Å²) in [7, 11) is 0. The fourth-order valence-electron chi connectivity index (χ4n) is 2.82. The molecule has 0 aliphatic carbocycles. The van der Waals surface area contributed by atoms with Crippen molar-refractivity contribution in [1.29, 1.82) is 0 Å². The first-order chi connectivity index (χ1) is 12.7. The molecule has 0 radical (unpaired) electrons. The van der Waals surface area contributed by atoms with Gasteiger partial charge < -0.3 is 9.88 Å². The van der Waals surface area contributed by atoms with Crippen molar-refractivity contribution in [3.05, 3.63) is 54.6 Å². The molecule has 7 heteroatoms. The van der Waals surface area contributed by atoms with Gasteiger partial charge in [0.15, 0.2) is 0 Å². The van der Waals surface area contributed by atoms with Crippen LogP contribution in [0.15, 0.2) is 54.2 Å². The van der Waals surface area contributed by atoms with Crippen molar-refractivity contribution in [2.24, 2.45) is 5.10 Å². The van der Waals surface area contributed by atoms with E-state index >= 15 is 0 Å². The number of benzene rings is 1. The normalized spacial score (nSPS) is 13.5. The largest absolute Gasteiger partial charge is 0.356 e. The van der Waals surface area contributed by atoms with Crippen LogP contribution in [0.2, 0.25) is 0 Å². The number of hydrazone groups is 1. The summed E-state index contributed by atoms with van der Waals surface area (Å²) in [6.07, 6.45) is 7.31. The number of rotatable bonds is 8. The van der Waals surface area contributed by atoms with Gasteiger partial charge in [0.05, 0.1) is 18.6 Å². The van der Waals surface area contributed by atoms with Crippen molar-refractivity contribution in [2.75, 3.05) is 13.1 Å². The van der Waals surface area contributed by atoms with Gasteiger partial charge >= 0.3 is 0 Å². The Balaban J connectivity index is 1.36. The molecule has 1 aromatic heterocycles. The molecule has 0 fully saturated rings. The highest BCUT2D eigenvalue weighted by Crippen LogP contribution is 2.14. The molecule has 0 bridgehead atoms. The molecule has 2 amide bonds. The molecule has 1 aliphatic rings. The first kappa shape index (κ1) is 17.8. The molecule has 7 nitrogen and oxygen atoms in total. The van der Waals surface area contributed by atoms with E-state index < -0.39 is 0 Å². The number of aryl methyl sites for hydroxylation is 1. The van der Waals surface area contributed by atoms with Crippen molar-refractivity contribution in [2.45, 2.75) is 32.2 Å². The average molecular weight is 353 g/mol. The summed E-state index contributed by atoms with van der Waals surface area (Å²) >= 11 is 0. The third kappa shape index (κ3) is 5.02. The Bertz CT molecular complexity index is 756. The average Bonchev–Trinajstić information content (AvgIpc) is 3.36. The predicted octanol–water partition coefficient (Wildman–Crippen LogP) is 1.81. The summed E-state index contributed by atoms with van der Waals surface area (Å²) in [5.41, 5.74) is 1.96. The molecule has 2 aromatic rings. The van der Waals surface area contributed by atoms with Crippen LogP contribution < -0.4 is 5.32 Å². The highest BCUT2D eigenvalue weighted by atomic mass is 16.2. The quantitative estimate of drug-likeness (QED) is 0.735. The molecular weight excluding hydrogens is 330 g/mol. The molecule has 26 heavy (non-hydrogen) atoms. The number of hydrogen-bond acceptors (Lipinski definition) is 4. The van der Waals surface area contributed by atoms with Crippen molar-refractivity contribution >= 4 is 17.5 Å². The van der Waals surface area contributed by atoms with E-state index in [0.717, 1.165) is 30.7 Å². The molecule has 0 atom stereocenters. The van der Waals surface area contributed by atoms with Gasteiger partial charge in [0.25, 0.3) is 0 Å². The van der Waals surface area contributed by atoms with Crippen LogP contribution in [0.4, 0.5) is 0 Å². The zero-order valence-electron chi connectivity index (χ0n) is 14.7. The maximum absolute atomic E-state index is 12.2. The van der Waals surface area contributed by atoms with Gasteiger partial charge in [-0.25, -0.2) is 9.99 Å². The van der Waals surface area contributed by atoms with E-state index in [1.54, 1.807) is 12.5 Å². The first-order valence-electron chi connectivity index (χ1n) is 8.88. The molecule has 3 rings (SSSR count). The SMILES string of the molecule is O=C(CCC(=O)N1CCC(c2ccccc2)=N1)NCCCn1ccnc1. The fourth-order valence-corrected chi connectivity index (χ4v) is 2.82. The minimum atomic E-state index is -0.107. The van der Waals surface area contributed by atoms with Gasteiger partial charge in [0.1, 0.15) is 0 Å².